The lowest BCUT2D eigenvalue weighted by molar-refractivity contribution is -0.144. The highest BCUT2D eigenvalue weighted by atomic mass is 16.2. The number of carbonyl (C=O) groups is 4. The molecule has 2 saturated heterocycles. The lowest BCUT2D eigenvalue weighted by Crippen LogP contribution is -2.67. The van der Waals surface area contributed by atoms with Crippen LogP contribution in [-0.2, 0) is 20.7 Å². The zero-order valence-electron chi connectivity index (χ0n) is 16.7. The molecule has 4 rings (SSSR count). The smallest absolute Gasteiger partial charge is 0.316 e. The zero-order valence-corrected chi connectivity index (χ0v) is 16.7. The minimum Gasteiger partial charge on any atom is -0.316 e. The summed E-state index contributed by atoms with van der Waals surface area (Å²) in [6.45, 7) is 3.62. The van der Waals surface area contributed by atoms with E-state index in [1.54, 1.807) is 74.5 Å². The molecule has 2 aromatic rings. The van der Waals surface area contributed by atoms with Crippen LogP contribution in [-0.4, -0.2) is 46.8 Å². The molecule has 2 atom stereocenters. The number of benzene rings is 2. The fraction of sp³-hybridized carbons (Fsp3) is 0.273. The van der Waals surface area contributed by atoms with Crippen LogP contribution in [0.5, 0.6) is 0 Å². The number of rotatable bonds is 5. The first-order valence-corrected chi connectivity index (χ1v) is 9.83. The number of likely N-dealkylation sites (N-methyl/N-ethyl adjacent to an activating group) is 2. The monoisotopic (exact) mass is 406 g/mol. The van der Waals surface area contributed by atoms with Crippen LogP contribution in [0, 0.1) is 0 Å². The van der Waals surface area contributed by atoms with Crippen LogP contribution in [0.25, 0.3) is 0 Å². The molecule has 2 N–H and O–H groups in total. The predicted octanol–water partition coefficient (Wildman–Crippen LogP) is 1.92. The van der Waals surface area contributed by atoms with Gasteiger partial charge in [-0.15, -0.1) is 0 Å². The van der Waals surface area contributed by atoms with E-state index in [9.17, 15) is 19.2 Å². The zero-order chi connectivity index (χ0) is 21.5. The molecule has 2 aliphatic rings. The van der Waals surface area contributed by atoms with Gasteiger partial charge in [-0.25, -0.2) is 9.59 Å². The maximum absolute atomic E-state index is 13.8. The van der Waals surface area contributed by atoms with E-state index in [1.165, 1.54) is 0 Å². The second-order valence-corrected chi connectivity index (χ2v) is 7.19. The Balaban J connectivity index is 2.10. The number of hydrogen-bond acceptors (Lipinski definition) is 4. The highest BCUT2D eigenvalue weighted by molar-refractivity contribution is 6.17. The molecule has 2 unspecified atom stereocenters. The van der Waals surface area contributed by atoms with Crippen LogP contribution in [0.3, 0.4) is 0 Å². The summed E-state index contributed by atoms with van der Waals surface area (Å²) in [6, 6.07) is 15.9. The molecule has 30 heavy (non-hydrogen) atoms. The van der Waals surface area contributed by atoms with Gasteiger partial charge >= 0.3 is 12.1 Å². The number of nitrogens with one attached hydrogen (secondary N) is 2. The third kappa shape index (κ3) is 2.33. The molecule has 8 nitrogen and oxygen atoms in total. The average Bonchev–Trinajstić information content (AvgIpc) is 3.19. The van der Waals surface area contributed by atoms with Crippen LogP contribution in [0.4, 0.5) is 9.59 Å². The first kappa shape index (κ1) is 19.6. The molecule has 0 aromatic heterocycles. The number of carbonyl (C=O) groups excluding carboxylic acids is 4. The number of hydrogen-bond donors (Lipinski definition) is 2. The van der Waals surface area contributed by atoms with Gasteiger partial charge in [-0.05, 0) is 25.0 Å². The summed E-state index contributed by atoms with van der Waals surface area (Å²) in [5.41, 5.74) is -2.84. The van der Waals surface area contributed by atoms with Gasteiger partial charge in [0.25, 0.3) is 11.8 Å². The summed E-state index contributed by atoms with van der Waals surface area (Å²) in [6.07, 6.45) is 0. The Labute approximate surface area is 173 Å². The molecule has 154 valence electrons. The van der Waals surface area contributed by atoms with Crippen molar-refractivity contribution in [2.45, 2.75) is 24.9 Å². The Morgan fingerprint density at radius 2 is 0.967 bits per heavy atom. The van der Waals surface area contributed by atoms with Gasteiger partial charge in [0.2, 0.25) is 0 Å². The van der Waals surface area contributed by atoms with Crippen molar-refractivity contribution < 1.29 is 19.2 Å². The number of urea groups is 2. The third-order valence-corrected chi connectivity index (χ3v) is 5.82. The summed E-state index contributed by atoms with van der Waals surface area (Å²) in [4.78, 5) is 55.4. The lowest BCUT2D eigenvalue weighted by atomic mass is 9.67. The largest absolute Gasteiger partial charge is 0.325 e. The highest BCUT2D eigenvalue weighted by Crippen LogP contribution is 2.48. The van der Waals surface area contributed by atoms with Gasteiger partial charge in [0.15, 0.2) is 11.1 Å². The van der Waals surface area contributed by atoms with Gasteiger partial charge in [0.05, 0.1) is 0 Å². The van der Waals surface area contributed by atoms with Gasteiger partial charge in [0, 0.05) is 13.1 Å². The van der Waals surface area contributed by atoms with E-state index in [-0.39, 0.29) is 13.1 Å². The number of imide groups is 2. The molecule has 6 amide bonds. The molecule has 0 aliphatic carbocycles. The van der Waals surface area contributed by atoms with E-state index in [4.69, 9.17) is 0 Å². The van der Waals surface area contributed by atoms with Crippen LogP contribution in [0.15, 0.2) is 60.7 Å². The molecule has 0 spiro atoms. The van der Waals surface area contributed by atoms with E-state index in [0.717, 1.165) is 9.80 Å². The maximum atomic E-state index is 13.8. The van der Waals surface area contributed by atoms with Crippen molar-refractivity contribution in [1.29, 1.82) is 0 Å². The number of nitrogens with zero attached hydrogens (tertiary/aromatic N) is 2. The Kier molecular flexibility index (Phi) is 4.57. The predicted molar refractivity (Wildman–Crippen MR) is 108 cm³/mol. The summed E-state index contributed by atoms with van der Waals surface area (Å²) in [5.74, 6) is -1.17. The fourth-order valence-corrected chi connectivity index (χ4v) is 4.44. The Morgan fingerprint density at radius 1 is 0.633 bits per heavy atom. The van der Waals surface area contributed by atoms with Crippen molar-refractivity contribution in [2.24, 2.45) is 0 Å². The molecule has 0 bridgehead atoms. The SMILES string of the molecule is CCN1C(=O)NC(c2ccccc2)(C2(c3ccccc3)NC(=O)N(CC)C2=O)C1=O. The Bertz CT molecular complexity index is 942. The van der Waals surface area contributed by atoms with Crippen molar-refractivity contribution in [1.82, 2.24) is 20.4 Å². The second-order valence-electron chi connectivity index (χ2n) is 7.19. The molecule has 0 radical (unpaired) electrons. The first-order valence-electron chi connectivity index (χ1n) is 9.83. The summed E-state index contributed by atoms with van der Waals surface area (Å²) >= 11 is 0. The average molecular weight is 406 g/mol. The minimum absolute atomic E-state index is 0.129. The van der Waals surface area contributed by atoms with Crippen molar-refractivity contribution in [3.05, 3.63) is 71.8 Å². The van der Waals surface area contributed by atoms with Gasteiger partial charge in [-0.3, -0.25) is 19.4 Å². The molecular formula is C22H22N4O4. The molecule has 2 aliphatic heterocycles. The summed E-state index contributed by atoms with van der Waals surface area (Å²) < 4.78 is 0. The first-order chi connectivity index (χ1) is 14.4. The van der Waals surface area contributed by atoms with E-state index in [0.29, 0.717) is 11.1 Å². The summed E-state index contributed by atoms with van der Waals surface area (Å²) in [5, 5.41) is 5.57. The van der Waals surface area contributed by atoms with Crippen LogP contribution < -0.4 is 10.6 Å². The molecule has 2 aromatic carbocycles. The van der Waals surface area contributed by atoms with Gasteiger partial charge in [0.1, 0.15) is 0 Å². The van der Waals surface area contributed by atoms with E-state index < -0.39 is 35.0 Å². The van der Waals surface area contributed by atoms with Crippen LogP contribution >= 0.6 is 0 Å². The van der Waals surface area contributed by atoms with E-state index >= 15 is 0 Å². The normalized spacial score (nSPS) is 26.2. The lowest BCUT2D eigenvalue weighted by Gasteiger charge is -2.42. The standard InChI is InChI=1S/C22H22N4O4/c1-3-25-17(27)21(23-19(25)29,15-11-7-5-8-12-15)22(16-13-9-6-10-14-16)18(28)26(4-2)20(30)24-22/h5-14H,3-4H2,1-2H3,(H,23,29)(H,24,30). The summed E-state index contributed by atoms with van der Waals surface area (Å²) in [7, 11) is 0. The highest BCUT2D eigenvalue weighted by Gasteiger charge is 2.72. The van der Waals surface area contributed by atoms with E-state index in [2.05, 4.69) is 10.6 Å². The van der Waals surface area contributed by atoms with Crippen LogP contribution in [0.2, 0.25) is 0 Å². The topological polar surface area (TPSA) is 98.8 Å². The molecule has 8 heteroatoms. The van der Waals surface area contributed by atoms with Crippen molar-refractivity contribution >= 4 is 23.9 Å². The van der Waals surface area contributed by atoms with Crippen LogP contribution in [0.1, 0.15) is 25.0 Å². The van der Waals surface area contributed by atoms with Gasteiger partial charge in [-0.2, -0.15) is 0 Å². The van der Waals surface area contributed by atoms with Crippen molar-refractivity contribution in [2.75, 3.05) is 13.1 Å². The molecule has 2 fully saturated rings. The van der Waals surface area contributed by atoms with Gasteiger partial charge < -0.3 is 10.6 Å². The third-order valence-electron chi connectivity index (χ3n) is 5.82. The van der Waals surface area contributed by atoms with Gasteiger partial charge in [-0.1, -0.05) is 60.7 Å². The van der Waals surface area contributed by atoms with Crippen molar-refractivity contribution in [3.8, 4) is 0 Å². The Hall–Kier alpha value is -3.68. The van der Waals surface area contributed by atoms with E-state index in [1.807, 2.05) is 0 Å². The number of amides is 6. The van der Waals surface area contributed by atoms with Crippen molar-refractivity contribution in [3.63, 3.8) is 0 Å². The maximum Gasteiger partial charge on any atom is 0.325 e. The molecule has 0 saturated carbocycles. The fourth-order valence-electron chi connectivity index (χ4n) is 4.44. The molecule has 2 heterocycles. The second kappa shape index (κ2) is 6.98. The Morgan fingerprint density at radius 3 is 1.23 bits per heavy atom. The molecular weight excluding hydrogens is 384 g/mol. The minimum atomic E-state index is -1.83. The quantitative estimate of drug-likeness (QED) is 0.741.